The minimum Gasteiger partial charge on any atom is -0.275 e. The molecule has 0 N–H and O–H groups in total. The summed E-state index contributed by atoms with van der Waals surface area (Å²) in [5.74, 6) is -0.0766. The van der Waals surface area contributed by atoms with Gasteiger partial charge in [0.25, 0.3) is 5.91 Å². The number of hydrogen-bond acceptors (Lipinski definition) is 2. The first kappa shape index (κ1) is 18.9. The van der Waals surface area contributed by atoms with Crippen LogP contribution in [-0.2, 0) is 5.41 Å². The average molecular weight is 380 g/mol. The van der Waals surface area contributed by atoms with Crippen LogP contribution in [0.1, 0.15) is 36.7 Å². The number of pyridine rings is 1. The van der Waals surface area contributed by atoms with Gasteiger partial charge in [0.05, 0.1) is 11.2 Å². The van der Waals surface area contributed by atoms with E-state index < -0.39 is 0 Å². The zero-order valence-electron chi connectivity index (χ0n) is 17.0. The van der Waals surface area contributed by atoms with Crippen LogP contribution in [-0.4, -0.2) is 10.9 Å². The van der Waals surface area contributed by atoms with Gasteiger partial charge in [-0.05, 0) is 47.4 Å². The Morgan fingerprint density at radius 2 is 1.48 bits per heavy atom. The summed E-state index contributed by atoms with van der Waals surface area (Å²) in [6, 6.07) is 27.5. The topological polar surface area (TPSA) is 33.2 Å². The van der Waals surface area contributed by atoms with Crippen LogP contribution in [0.5, 0.6) is 0 Å². The van der Waals surface area contributed by atoms with E-state index in [-0.39, 0.29) is 11.3 Å². The third kappa shape index (κ3) is 3.77. The number of aromatic nitrogens is 1. The minimum absolute atomic E-state index is 0.0494. The molecule has 0 aliphatic heterocycles. The van der Waals surface area contributed by atoms with Crippen molar-refractivity contribution < 1.29 is 4.79 Å². The summed E-state index contributed by atoms with van der Waals surface area (Å²) in [7, 11) is 0. The van der Waals surface area contributed by atoms with Crippen molar-refractivity contribution in [3.8, 4) is 0 Å². The number of para-hydroxylation sites is 1. The van der Waals surface area contributed by atoms with Gasteiger partial charge in [-0.1, -0.05) is 69.3 Å². The van der Waals surface area contributed by atoms with E-state index in [1.807, 2.05) is 72.8 Å². The van der Waals surface area contributed by atoms with E-state index in [1.165, 1.54) is 5.56 Å². The number of carbonyl (C=O) groups is 1. The average Bonchev–Trinajstić information content (AvgIpc) is 2.74. The smallest absolute Gasteiger partial charge is 0.262 e. The number of amides is 1. The van der Waals surface area contributed by atoms with Crippen LogP contribution in [0.3, 0.4) is 0 Å². The molecule has 1 heterocycles. The molecule has 144 valence electrons. The summed E-state index contributed by atoms with van der Waals surface area (Å²) in [4.78, 5) is 19.9. The Kier molecular flexibility index (Phi) is 4.89. The van der Waals surface area contributed by atoms with Gasteiger partial charge in [-0.2, -0.15) is 0 Å². The lowest BCUT2D eigenvalue weighted by Gasteiger charge is -2.26. The summed E-state index contributed by atoms with van der Waals surface area (Å²) < 4.78 is 0. The Morgan fingerprint density at radius 1 is 0.793 bits per heavy atom. The highest BCUT2D eigenvalue weighted by Crippen LogP contribution is 2.34. The van der Waals surface area contributed by atoms with Crippen LogP contribution in [0.25, 0.3) is 10.9 Å². The summed E-state index contributed by atoms with van der Waals surface area (Å²) in [5, 5.41) is 1.00. The van der Waals surface area contributed by atoms with E-state index in [1.54, 1.807) is 11.1 Å². The molecule has 0 unspecified atom stereocenters. The molecule has 3 aromatic carbocycles. The Balaban J connectivity index is 1.89. The van der Waals surface area contributed by atoms with Crippen molar-refractivity contribution in [2.75, 3.05) is 4.90 Å². The van der Waals surface area contributed by atoms with Crippen molar-refractivity contribution in [3.63, 3.8) is 0 Å². The van der Waals surface area contributed by atoms with Gasteiger partial charge in [-0.15, -0.1) is 0 Å². The van der Waals surface area contributed by atoms with Gasteiger partial charge in [-0.3, -0.25) is 14.7 Å². The molecule has 0 fully saturated rings. The number of anilines is 2. The van der Waals surface area contributed by atoms with Crippen molar-refractivity contribution >= 4 is 28.2 Å². The van der Waals surface area contributed by atoms with Crippen LogP contribution in [0.15, 0.2) is 91.1 Å². The van der Waals surface area contributed by atoms with Gasteiger partial charge in [0.2, 0.25) is 0 Å². The second-order valence-electron chi connectivity index (χ2n) is 8.16. The van der Waals surface area contributed by atoms with Gasteiger partial charge in [0.1, 0.15) is 0 Å². The van der Waals surface area contributed by atoms with E-state index in [4.69, 9.17) is 0 Å². The third-order valence-electron chi connectivity index (χ3n) is 5.07. The van der Waals surface area contributed by atoms with Crippen LogP contribution >= 0.6 is 0 Å². The first-order valence-corrected chi connectivity index (χ1v) is 9.79. The number of fused-ring (bicyclic) bond motifs is 1. The highest BCUT2D eigenvalue weighted by molar-refractivity contribution is 6.14. The monoisotopic (exact) mass is 380 g/mol. The number of carbonyl (C=O) groups excluding carboxylic acids is 1. The predicted molar refractivity (Wildman–Crippen MR) is 120 cm³/mol. The van der Waals surface area contributed by atoms with Crippen molar-refractivity contribution in [3.05, 3.63) is 102 Å². The van der Waals surface area contributed by atoms with Gasteiger partial charge < -0.3 is 0 Å². The lowest BCUT2D eigenvalue weighted by atomic mass is 9.87. The summed E-state index contributed by atoms with van der Waals surface area (Å²) in [6.07, 6.45) is 1.76. The second kappa shape index (κ2) is 7.51. The fraction of sp³-hybridized carbons (Fsp3) is 0.154. The van der Waals surface area contributed by atoms with Crippen molar-refractivity contribution in [1.29, 1.82) is 0 Å². The Labute approximate surface area is 171 Å². The maximum Gasteiger partial charge on any atom is 0.262 e. The maximum absolute atomic E-state index is 13.6. The Morgan fingerprint density at radius 3 is 2.17 bits per heavy atom. The van der Waals surface area contributed by atoms with E-state index in [0.29, 0.717) is 5.56 Å². The molecule has 0 saturated heterocycles. The third-order valence-corrected chi connectivity index (χ3v) is 5.07. The van der Waals surface area contributed by atoms with Crippen molar-refractivity contribution in [2.24, 2.45) is 0 Å². The van der Waals surface area contributed by atoms with Crippen molar-refractivity contribution in [2.45, 2.75) is 26.2 Å². The molecule has 3 heteroatoms. The molecule has 0 radical (unpaired) electrons. The molecule has 1 amide bonds. The maximum atomic E-state index is 13.6. The molecule has 4 aromatic rings. The molecule has 0 aliphatic carbocycles. The van der Waals surface area contributed by atoms with Gasteiger partial charge in [-0.25, -0.2) is 0 Å². The van der Waals surface area contributed by atoms with Crippen LogP contribution in [0.2, 0.25) is 0 Å². The number of nitrogens with zero attached hydrogens (tertiary/aromatic N) is 2. The zero-order chi connectivity index (χ0) is 20.4. The molecular formula is C26H24N2O. The summed E-state index contributed by atoms with van der Waals surface area (Å²) in [6.45, 7) is 6.55. The SMILES string of the molecule is CC(C)(C)c1ccc(N(C(=O)c2ccccc2)c2cccc3cccnc23)cc1. The Bertz CT molecular complexity index is 1140. The lowest BCUT2D eigenvalue weighted by molar-refractivity contribution is 0.0999. The van der Waals surface area contributed by atoms with Crippen LogP contribution in [0.4, 0.5) is 11.4 Å². The first-order chi connectivity index (χ1) is 13.9. The largest absolute Gasteiger partial charge is 0.275 e. The van der Waals surface area contributed by atoms with E-state index >= 15 is 0 Å². The van der Waals surface area contributed by atoms with Crippen LogP contribution < -0.4 is 4.90 Å². The molecule has 0 bridgehead atoms. The van der Waals surface area contributed by atoms with E-state index in [9.17, 15) is 4.79 Å². The number of rotatable bonds is 3. The second-order valence-corrected chi connectivity index (χ2v) is 8.16. The number of hydrogen-bond donors (Lipinski definition) is 0. The molecular weight excluding hydrogens is 356 g/mol. The molecule has 0 saturated carbocycles. The highest BCUT2D eigenvalue weighted by Gasteiger charge is 2.23. The van der Waals surface area contributed by atoms with Crippen LogP contribution in [0, 0.1) is 0 Å². The molecule has 0 aliphatic rings. The minimum atomic E-state index is -0.0766. The molecule has 29 heavy (non-hydrogen) atoms. The zero-order valence-corrected chi connectivity index (χ0v) is 17.0. The quantitative estimate of drug-likeness (QED) is 0.406. The lowest BCUT2D eigenvalue weighted by Crippen LogP contribution is -2.26. The molecule has 3 nitrogen and oxygen atoms in total. The normalized spacial score (nSPS) is 11.4. The van der Waals surface area contributed by atoms with Gasteiger partial charge in [0, 0.05) is 22.8 Å². The standard InChI is InChI=1S/C26H24N2O/c1-26(2,3)21-14-16-22(17-15-21)28(25(29)20-9-5-4-6-10-20)23-13-7-11-19-12-8-18-27-24(19)23/h4-18H,1-3H3. The number of benzene rings is 3. The fourth-order valence-corrected chi connectivity index (χ4v) is 3.45. The van der Waals surface area contributed by atoms with Crippen molar-refractivity contribution in [1.82, 2.24) is 4.98 Å². The predicted octanol–water partition coefficient (Wildman–Crippen LogP) is 6.51. The highest BCUT2D eigenvalue weighted by atomic mass is 16.2. The summed E-state index contributed by atoms with van der Waals surface area (Å²) >= 11 is 0. The molecule has 0 atom stereocenters. The summed E-state index contributed by atoms with van der Waals surface area (Å²) in [5.41, 5.74) is 4.32. The first-order valence-electron chi connectivity index (χ1n) is 9.79. The molecule has 4 rings (SSSR count). The molecule has 0 spiro atoms. The Hall–Kier alpha value is -3.46. The van der Waals surface area contributed by atoms with E-state index in [2.05, 4.69) is 37.9 Å². The molecule has 1 aromatic heterocycles. The van der Waals surface area contributed by atoms with Gasteiger partial charge in [0.15, 0.2) is 0 Å². The van der Waals surface area contributed by atoms with E-state index in [0.717, 1.165) is 22.3 Å². The fourth-order valence-electron chi connectivity index (χ4n) is 3.45. The van der Waals surface area contributed by atoms with Gasteiger partial charge >= 0.3 is 0 Å².